The fourth-order valence-electron chi connectivity index (χ4n) is 1.73. The van der Waals surface area contributed by atoms with E-state index in [1.165, 1.54) is 0 Å². The first kappa shape index (κ1) is 13.0. The molecule has 0 radical (unpaired) electrons. The lowest BCUT2D eigenvalue weighted by atomic mass is 10.1. The highest BCUT2D eigenvalue weighted by atomic mass is 79.9. The number of hydrogen-bond acceptors (Lipinski definition) is 3. The van der Waals surface area contributed by atoms with E-state index < -0.39 is 0 Å². The summed E-state index contributed by atoms with van der Waals surface area (Å²) in [5, 5.41) is 0. The van der Waals surface area contributed by atoms with E-state index in [9.17, 15) is 0 Å². The van der Waals surface area contributed by atoms with Gasteiger partial charge in [-0.05, 0) is 17.5 Å². The molecule has 0 spiro atoms. The molecule has 0 fully saturated rings. The predicted octanol–water partition coefficient (Wildman–Crippen LogP) is 3.54. The van der Waals surface area contributed by atoms with Crippen molar-refractivity contribution in [2.45, 2.75) is 26.2 Å². The number of anilines is 1. The van der Waals surface area contributed by atoms with E-state index in [2.05, 4.69) is 45.8 Å². The number of benzene rings is 1. The van der Waals surface area contributed by atoms with Crippen molar-refractivity contribution in [1.29, 1.82) is 0 Å². The van der Waals surface area contributed by atoms with Crippen LogP contribution in [0, 0.1) is 0 Å². The van der Waals surface area contributed by atoms with Gasteiger partial charge < -0.3 is 5.73 Å². The quantitative estimate of drug-likeness (QED) is 0.943. The molecule has 3 nitrogen and oxygen atoms in total. The lowest BCUT2D eigenvalue weighted by Gasteiger charge is -2.09. The monoisotopic (exact) mass is 305 g/mol. The molecule has 94 valence electrons. The van der Waals surface area contributed by atoms with E-state index in [1.807, 2.05) is 24.3 Å². The van der Waals surface area contributed by atoms with Crippen molar-refractivity contribution in [2.24, 2.45) is 0 Å². The van der Waals surface area contributed by atoms with E-state index in [-0.39, 0.29) is 0 Å². The molecule has 2 rings (SSSR count). The van der Waals surface area contributed by atoms with E-state index in [0.717, 1.165) is 21.6 Å². The molecule has 4 heteroatoms. The molecule has 2 N–H and O–H groups in total. The first-order chi connectivity index (χ1) is 8.56. The second kappa shape index (κ2) is 5.48. The van der Waals surface area contributed by atoms with Crippen LogP contribution >= 0.6 is 15.9 Å². The van der Waals surface area contributed by atoms with Gasteiger partial charge in [-0.15, -0.1) is 0 Å². The van der Waals surface area contributed by atoms with Crippen LogP contribution in [0.15, 0.2) is 34.8 Å². The van der Waals surface area contributed by atoms with Crippen LogP contribution in [0.25, 0.3) is 0 Å². The van der Waals surface area contributed by atoms with Crippen molar-refractivity contribution in [3.8, 4) is 0 Å². The van der Waals surface area contributed by atoms with Gasteiger partial charge in [0.1, 0.15) is 11.6 Å². The zero-order chi connectivity index (χ0) is 13.1. The molecule has 2 aromatic rings. The summed E-state index contributed by atoms with van der Waals surface area (Å²) >= 11 is 3.53. The molecule has 0 aliphatic heterocycles. The minimum Gasteiger partial charge on any atom is -0.384 e. The topological polar surface area (TPSA) is 51.8 Å². The number of nitrogens with zero attached hydrogens (tertiary/aromatic N) is 2. The minimum absolute atomic E-state index is 0.355. The molecule has 0 amide bonds. The van der Waals surface area contributed by atoms with Crippen LogP contribution in [0.4, 0.5) is 5.82 Å². The molecule has 0 saturated heterocycles. The summed E-state index contributed by atoms with van der Waals surface area (Å²) < 4.78 is 1.07. The molecule has 1 aromatic heterocycles. The first-order valence-electron chi connectivity index (χ1n) is 5.93. The van der Waals surface area contributed by atoms with Gasteiger partial charge in [-0.1, -0.05) is 48.0 Å². The van der Waals surface area contributed by atoms with E-state index in [1.54, 1.807) is 0 Å². The average Bonchev–Trinajstić information content (AvgIpc) is 2.31. The number of rotatable bonds is 3. The van der Waals surface area contributed by atoms with Gasteiger partial charge in [0.05, 0.1) is 0 Å². The Balaban J connectivity index is 2.32. The van der Waals surface area contributed by atoms with Crippen molar-refractivity contribution >= 4 is 21.7 Å². The number of nitrogen functional groups attached to an aromatic ring is 1. The van der Waals surface area contributed by atoms with Crippen LogP contribution in [0.2, 0.25) is 0 Å². The molecule has 18 heavy (non-hydrogen) atoms. The summed E-state index contributed by atoms with van der Waals surface area (Å²) in [7, 11) is 0. The standard InChI is InChI=1S/C14H16BrN3/c1-9(2)12-8-13(16)18-14(17-12)7-10-5-3-4-6-11(10)15/h3-6,8-9H,7H2,1-2H3,(H2,16,17,18). The molecule has 0 aliphatic carbocycles. The zero-order valence-corrected chi connectivity index (χ0v) is 12.1. The van der Waals surface area contributed by atoms with Gasteiger partial charge in [0.25, 0.3) is 0 Å². The van der Waals surface area contributed by atoms with E-state index in [4.69, 9.17) is 5.73 Å². The Hall–Kier alpha value is -1.42. The van der Waals surface area contributed by atoms with Crippen molar-refractivity contribution in [3.05, 3.63) is 51.9 Å². The van der Waals surface area contributed by atoms with E-state index in [0.29, 0.717) is 18.2 Å². The number of hydrogen-bond donors (Lipinski definition) is 1. The van der Waals surface area contributed by atoms with Crippen LogP contribution in [-0.4, -0.2) is 9.97 Å². The summed E-state index contributed by atoms with van der Waals surface area (Å²) in [5.41, 5.74) is 7.98. The van der Waals surface area contributed by atoms with Crippen molar-refractivity contribution in [2.75, 3.05) is 5.73 Å². The highest BCUT2D eigenvalue weighted by molar-refractivity contribution is 9.10. The Morgan fingerprint density at radius 2 is 1.94 bits per heavy atom. The van der Waals surface area contributed by atoms with Gasteiger partial charge in [0, 0.05) is 22.7 Å². The second-order valence-corrected chi connectivity index (χ2v) is 5.41. The molecule has 0 unspecified atom stereocenters. The number of halogens is 1. The van der Waals surface area contributed by atoms with Gasteiger partial charge in [0.15, 0.2) is 0 Å². The molecule has 1 heterocycles. The molecule has 0 saturated carbocycles. The van der Waals surface area contributed by atoms with Gasteiger partial charge in [0.2, 0.25) is 0 Å². The SMILES string of the molecule is CC(C)c1cc(N)nc(Cc2ccccc2Br)n1. The third kappa shape index (κ3) is 3.07. The maximum Gasteiger partial charge on any atom is 0.135 e. The fraction of sp³-hybridized carbons (Fsp3) is 0.286. The summed E-state index contributed by atoms with van der Waals surface area (Å²) in [6.07, 6.45) is 0.687. The van der Waals surface area contributed by atoms with Gasteiger partial charge in [-0.25, -0.2) is 9.97 Å². The molecule has 0 bridgehead atoms. The molecule has 1 aromatic carbocycles. The zero-order valence-electron chi connectivity index (χ0n) is 10.5. The minimum atomic E-state index is 0.355. The molecule has 0 aliphatic rings. The Labute approximate surface area is 116 Å². The van der Waals surface area contributed by atoms with Crippen molar-refractivity contribution in [1.82, 2.24) is 9.97 Å². The smallest absolute Gasteiger partial charge is 0.135 e. The van der Waals surface area contributed by atoms with Crippen LogP contribution in [-0.2, 0) is 6.42 Å². The van der Waals surface area contributed by atoms with Crippen LogP contribution in [0.1, 0.15) is 36.8 Å². The molecular weight excluding hydrogens is 290 g/mol. The number of nitrogens with two attached hydrogens (primary N) is 1. The van der Waals surface area contributed by atoms with Crippen molar-refractivity contribution < 1.29 is 0 Å². The van der Waals surface area contributed by atoms with Crippen LogP contribution in [0.3, 0.4) is 0 Å². The van der Waals surface area contributed by atoms with Gasteiger partial charge in [-0.2, -0.15) is 0 Å². The summed E-state index contributed by atoms with van der Waals surface area (Å²) in [6, 6.07) is 9.92. The molecule has 0 atom stereocenters. The number of aromatic nitrogens is 2. The maximum atomic E-state index is 5.83. The maximum absolute atomic E-state index is 5.83. The Bertz CT molecular complexity index is 552. The average molecular weight is 306 g/mol. The third-order valence-electron chi connectivity index (χ3n) is 2.71. The Morgan fingerprint density at radius 3 is 2.61 bits per heavy atom. The third-order valence-corrected chi connectivity index (χ3v) is 3.48. The Kier molecular flexibility index (Phi) is 3.97. The lowest BCUT2D eigenvalue weighted by molar-refractivity contribution is 0.793. The second-order valence-electron chi connectivity index (χ2n) is 4.56. The first-order valence-corrected chi connectivity index (χ1v) is 6.72. The normalized spacial score (nSPS) is 10.9. The van der Waals surface area contributed by atoms with Gasteiger partial charge in [-0.3, -0.25) is 0 Å². The largest absolute Gasteiger partial charge is 0.384 e. The highest BCUT2D eigenvalue weighted by Gasteiger charge is 2.08. The summed E-state index contributed by atoms with van der Waals surface area (Å²) in [5.74, 6) is 1.66. The lowest BCUT2D eigenvalue weighted by Crippen LogP contribution is -2.05. The fourth-order valence-corrected chi connectivity index (χ4v) is 2.15. The van der Waals surface area contributed by atoms with Crippen LogP contribution < -0.4 is 5.73 Å². The Morgan fingerprint density at radius 1 is 1.22 bits per heavy atom. The predicted molar refractivity (Wildman–Crippen MR) is 77.5 cm³/mol. The van der Waals surface area contributed by atoms with Crippen LogP contribution in [0.5, 0.6) is 0 Å². The summed E-state index contributed by atoms with van der Waals surface area (Å²) in [4.78, 5) is 8.86. The molecular formula is C14H16BrN3. The highest BCUT2D eigenvalue weighted by Crippen LogP contribution is 2.20. The van der Waals surface area contributed by atoms with Crippen molar-refractivity contribution in [3.63, 3.8) is 0 Å². The van der Waals surface area contributed by atoms with Gasteiger partial charge >= 0.3 is 0 Å². The van der Waals surface area contributed by atoms with E-state index >= 15 is 0 Å². The summed E-state index contributed by atoms with van der Waals surface area (Å²) in [6.45, 7) is 4.20.